The summed E-state index contributed by atoms with van der Waals surface area (Å²) < 4.78 is 0.551. The summed E-state index contributed by atoms with van der Waals surface area (Å²) in [6.07, 6.45) is 4.40. The molecule has 0 aromatic heterocycles. The molecule has 0 aliphatic heterocycles. The number of phenolic OH excluding ortho intramolecular Hbond substituents is 1. The molecule has 82 valence electrons. The Bertz CT molecular complexity index is 447. The molecule has 3 nitrogen and oxygen atoms in total. The standard InChI is InChI=1S/C12H10INO2/c1-2-12(16)11(13)7-8-14-9-3-5-10(15)6-4-9/h2-8,15H,1H2/b11-7-,14-8?. The summed E-state index contributed by atoms with van der Waals surface area (Å²) in [7, 11) is 0. The molecule has 0 aliphatic rings. The van der Waals surface area contributed by atoms with E-state index in [1.165, 1.54) is 12.3 Å². The zero-order valence-corrected chi connectivity index (χ0v) is 10.6. The molecule has 0 aliphatic carbocycles. The van der Waals surface area contributed by atoms with Gasteiger partial charge < -0.3 is 5.11 Å². The summed E-state index contributed by atoms with van der Waals surface area (Å²) in [5.41, 5.74) is 0.712. The van der Waals surface area contributed by atoms with E-state index < -0.39 is 0 Å². The van der Waals surface area contributed by atoms with E-state index in [0.717, 1.165) is 0 Å². The minimum Gasteiger partial charge on any atom is -0.508 e. The lowest BCUT2D eigenvalue weighted by Crippen LogP contribution is -1.89. The summed E-state index contributed by atoms with van der Waals surface area (Å²) in [6.45, 7) is 3.39. The molecule has 0 unspecified atom stereocenters. The molecule has 0 amide bonds. The summed E-state index contributed by atoms with van der Waals surface area (Å²) in [5, 5.41) is 9.05. The van der Waals surface area contributed by atoms with Crippen LogP contribution in [0.1, 0.15) is 0 Å². The topological polar surface area (TPSA) is 49.7 Å². The van der Waals surface area contributed by atoms with Crippen LogP contribution < -0.4 is 0 Å². The van der Waals surface area contributed by atoms with Crippen molar-refractivity contribution >= 4 is 40.3 Å². The predicted molar refractivity (Wildman–Crippen MR) is 73.6 cm³/mol. The van der Waals surface area contributed by atoms with Gasteiger partial charge >= 0.3 is 0 Å². The highest BCUT2D eigenvalue weighted by molar-refractivity contribution is 14.1. The van der Waals surface area contributed by atoms with Crippen LogP contribution in [0.15, 0.2) is 51.6 Å². The number of hydrogen-bond donors (Lipinski definition) is 1. The third-order valence-corrected chi connectivity index (χ3v) is 2.61. The number of allylic oxidation sites excluding steroid dienone is 3. The second kappa shape index (κ2) is 6.22. The first-order valence-electron chi connectivity index (χ1n) is 4.49. The molecule has 0 atom stereocenters. The van der Waals surface area contributed by atoms with Crippen LogP contribution in [0.25, 0.3) is 0 Å². The number of nitrogens with zero attached hydrogens (tertiary/aromatic N) is 1. The molecule has 0 heterocycles. The Kier molecular flexibility index (Phi) is 4.91. The first-order chi connectivity index (χ1) is 7.63. The smallest absolute Gasteiger partial charge is 0.191 e. The van der Waals surface area contributed by atoms with Crippen molar-refractivity contribution in [3.8, 4) is 5.75 Å². The summed E-state index contributed by atoms with van der Waals surface area (Å²) >= 11 is 1.92. The Labute approximate surface area is 107 Å². The normalized spacial score (nSPS) is 11.7. The number of phenols is 1. The van der Waals surface area contributed by atoms with Crippen LogP contribution in [0, 0.1) is 0 Å². The lowest BCUT2D eigenvalue weighted by molar-refractivity contribution is -0.110. The number of carbonyl (C=O) groups excluding carboxylic acids is 1. The third-order valence-electron chi connectivity index (χ3n) is 1.71. The van der Waals surface area contributed by atoms with Gasteiger partial charge in [0.05, 0.1) is 9.27 Å². The van der Waals surface area contributed by atoms with Crippen LogP contribution in [0.4, 0.5) is 5.69 Å². The number of hydrogen-bond acceptors (Lipinski definition) is 3. The van der Waals surface area contributed by atoms with E-state index in [0.29, 0.717) is 9.27 Å². The van der Waals surface area contributed by atoms with Gasteiger partial charge in [-0.05, 0) is 59.0 Å². The average Bonchev–Trinajstić information content (AvgIpc) is 2.30. The molecule has 0 bridgehead atoms. The van der Waals surface area contributed by atoms with Crippen molar-refractivity contribution in [2.45, 2.75) is 0 Å². The summed E-state index contributed by atoms with van der Waals surface area (Å²) in [6, 6.07) is 6.47. The molecule has 1 aromatic carbocycles. The lowest BCUT2D eigenvalue weighted by Gasteiger charge is -1.92. The fraction of sp³-hybridized carbons (Fsp3) is 0. The Balaban J connectivity index is 2.71. The van der Waals surface area contributed by atoms with Gasteiger partial charge in [0.25, 0.3) is 0 Å². The first kappa shape index (κ1) is 12.6. The summed E-state index contributed by atoms with van der Waals surface area (Å²) in [4.78, 5) is 15.2. The van der Waals surface area contributed by atoms with Gasteiger partial charge in [0, 0.05) is 6.21 Å². The van der Waals surface area contributed by atoms with Crippen LogP contribution in [0.2, 0.25) is 0 Å². The molecule has 4 heteroatoms. The van der Waals surface area contributed by atoms with Crippen molar-refractivity contribution in [1.29, 1.82) is 0 Å². The quantitative estimate of drug-likeness (QED) is 0.525. The van der Waals surface area contributed by atoms with Gasteiger partial charge in [-0.15, -0.1) is 0 Å². The molecule has 1 N–H and O–H groups in total. The van der Waals surface area contributed by atoms with Gasteiger partial charge in [0.1, 0.15) is 5.75 Å². The molecule has 0 saturated carbocycles. The molecule has 0 fully saturated rings. The van der Waals surface area contributed by atoms with Gasteiger partial charge in [-0.25, -0.2) is 0 Å². The van der Waals surface area contributed by atoms with Gasteiger partial charge in [0.2, 0.25) is 0 Å². The second-order valence-electron chi connectivity index (χ2n) is 2.88. The number of rotatable bonds is 4. The highest BCUT2D eigenvalue weighted by atomic mass is 127. The van der Waals surface area contributed by atoms with Crippen molar-refractivity contribution < 1.29 is 9.90 Å². The molecule has 1 aromatic rings. The molecule has 0 spiro atoms. The fourth-order valence-electron chi connectivity index (χ4n) is 0.907. The van der Waals surface area contributed by atoms with E-state index in [1.807, 2.05) is 22.6 Å². The summed E-state index contributed by atoms with van der Waals surface area (Å²) in [5.74, 6) is 0.0728. The zero-order valence-electron chi connectivity index (χ0n) is 8.43. The highest BCUT2D eigenvalue weighted by Gasteiger charge is 1.97. The van der Waals surface area contributed by atoms with Crippen molar-refractivity contribution in [1.82, 2.24) is 0 Å². The molecule has 0 saturated heterocycles. The molecule has 0 radical (unpaired) electrons. The van der Waals surface area contributed by atoms with Crippen molar-refractivity contribution in [2.75, 3.05) is 0 Å². The predicted octanol–water partition coefficient (Wildman–Crippen LogP) is 3.17. The first-order valence-corrected chi connectivity index (χ1v) is 5.57. The fourth-order valence-corrected chi connectivity index (χ4v) is 1.29. The second-order valence-corrected chi connectivity index (χ2v) is 4.04. The Hall–Kier alpha value is -1.43. The van der Waals surface area contributed by atoms with Crippen LogP contribution >= 0.6 is 22.6 Å². The lowest BCUT2D eigenvalue weighted by atomic mass is 10.3. The maximum Gasteiger partial charge on any atom is 0.191 e. The Morgan fingerprint density at radius 1 is 1.38 bits per heavy atom. The SMILES string of the molecule is C=CC(=O)/C(I)=C/C=Nc1ccc(O)cc1. The van der Waals surface area contributed by atoms with Gasteiger partial charge in [-0.2, -0.15) is 0 Å². The zero-order chi connectivity index (χ0) is 12.0. The van der Waals surface area contributed by atoms with Crippen molar-refractivity contribution in [3.05, 3.63) is 46.6 Å². The van der Waals surface area contributed by atoms with E-state index in [-0.39, 0.29) is 11.5 Å². The Morgan fingerprint density at radius 3 is 2.56 bits per heavy atom. The van der Waals surface area contributed by atoms with E-state index in [2.05, 4.69) is 11.6 Å². The maximum absolute atomic E-state index is 11.1. The number of ketones is 1. The highest BCUT2D eigenvalue weighted by Crippen LogP contribution is 2.16. The molecular formula is C12H10INO2. The number of halogens is 1. The van der Waals surface area contributed by atoms with E-state index in [1.54, 1.807) is 30.3 Å². The van der Waals surface area contributed by atoms with E-state index in [9.17, 15) is 4.79 Å². The van der Waals surface area contributed by atoms with Crippen LogP contribution in [-0.2, 0) is 4.79 Å². The number of benzene rings is 1. The number of aliphatic imine (C=N–C) groups is 1. The molecule has 1 rings (SSSR count). The van der Waals surface area contributed by atoms with Crippen LogP contribution in [0.5, 0.6) is 5.75 Å². The minimum absolute atomic E-state index is 0.127. The van der Waals surface area contributed by atoms with E-state index >= 15 is 0 Å². The monoisotopic (exact) mass is 327 g/mol. The molecule has 16 heavy (non-hydrogen) atoms. The van der Waals surface area contributed by atoms with Gasteiger partial charge in [-0.3, -0.25) is 9.79 Å². The van der Waals surface area contributed by atoms with Gasteiger partial charge in [0.15, 0.2) is 5.78 Å². The number of aromatic hydroxyl groups is 1. The van der Waals surface area contributed by atoms with Crippen molar-refractivity contribution in [2.24, 2.45) is 4.99 Å². The molecular weight excluding hydrogens is 317 g/mol. The third kappa shape index (κ3) is 3.98. The average molecular weight is 327 g/mol. The van der Waals surface area contributed by atoms with Crippen LogP contribution in [0.3, 0.4) is 0 Å². The Morgan fingerprint density at radius 2 is 2.00 bits per heavy atom. The van der Waals surface area contributed by atoms with Crippen molar-refractivity contribution in [3.63, 3.8) is 0 Å². The van der Waals surface area contributed by atoms with Gasteiger partial charge in [-0.1, -0.05) is 6.58 Å². The minimum atomic E-state index is -0.127. The largest absolute Gasteiger partial charge is 0.508 e. The number of carbonyl (C=O) groups is 1. The maximum atomic E-state index is 11.1. The van der Waals surface area contributed by atoms with Crippen LogP contribution in [-0.4, -0.2) is 17.1 Å². The van der Waals surface area contributed by atoms with E-state index in [4.69, 9.17) is 5.11 Å².